The van der Waals surface area contributed by atoms with Crippen molar-refractivity contribution in [2.24, 2.45) is 7.05 Å². The van der Waals surface area contributed by atoms with Crippen molar-refractivity contribution in [3.63, 3.8) is 0 Å². The summed E-state index contributed by atoms with van der Waals surface area (Å²) in [4.78, 5) is 17.6. The second kappa shape index (κ2) is 9.22. The van der Waals surface area contributed by atoms with E-state index in [9.17, 15) is 18.7 Å². The molecule has 0 bridgehead atoms. The van der Waals surface area contributed by atoms with Gasteiger partial charge in [-0.15, -0.1) is 0 Å². The number of fused-ring (bicyclic) bond motifs is 2. The smallest absolute Gasteiger partial charge is 0.407 e. The van der Waals surface area contributed by atoms with Crippen LogP contribution in [0.2, 0.25) is 0 Å². The SMILES string of the molecule is Cn1cc(-c2cc3cncc(-c4nn(C5CCOCC5)c5c4CN(C(=O)O)CC5)c3cc2C(F)F)cn1. The van der Waals surface area contributed by atoms with E-state index in [1.54, 1.807) is 42.6 Å². The molecule has 1 aromatic carbocycles. The molecule has 192 valence electrons. The molecular formula is C26H26F2N6O3. The molecule has 11 heteroatoms. The van der Waals surface area contributed by atoms with E-state index in [0.717, 1.165) is 24.1 Å². The lowest BCUT2D eigenvalue weighted by Crippen LogP contribution is -2.35. The molecular weight excluding hydrogens is 482 g/mol. The van der Waals surface area contributed by atoms with Gasteiger partial charge < -0.3 is 14.7 Å². The molecule has 5 heterocycles. The molecule has 0 radical (unpaired) electrons. The summed E-state index contributed by atoms with van der Waals surface area (Å²) >= 11 is 0. The number of benzene rings is 1. The molecule has 1 N–H and O–H groups in total. The average Bonchev–Trinajstić information content (AvgIpc) is 3.51. The van der Waals surface area contributed by atoms with E-state index in [2.05, 4.69) is 10.1 Å². The third-order valence-electron chi connectivity index (χ3n) is 7.33. The van der Waals surface area contributed by atoms with E-state index in [0.29, 0.717) is 59.3 Å². The van der Waals surface area contributed by atoms with E-state index in [1.165, 1.54) is 11.0 Å². The van der Waals surface area contributed by atoms with Crippen molar-refractivity contribution in [1.29, 1.82) is 0 Å². The summed E-state index contributed by atoms with van der Waals surface area (Å²) in [6.45, 7) is 1.85. The maximum atomic E-state index is 14.3. The Morgan fingerprint density at radius 3 is 2.68 bits per heavy atom. The van der Waals surface area contributed by atoms with Crippen LogP contribution in [0.5, 0.6) is 0 Å². The molecule has 0 atom stereocenters. The first kappa shape index (κ1) is 23.5. The minimum Gasteiger partial charge on any atom is -0.465 e. The Labute approximate surface area is 211 Å². The van der Waals surface area contributed by atoms with Gasteiger partial charge in [-0.1, -0.05) is 0 Å². The molecule has 9 nitrogen and oxygen atoms in total. The van der Waals surface area contributed by atoms with Gasteiger partial charge in [-0.2, -0.15) is 10.2 Å². The van der Waals surface area contributed by atoms with Gasteiger partial charge in [-0.3, -0.25) is 14.3 Å². The first-order valence-electron chi connectivity index (χ1n) is 12.3. The zero-order valence-corrected chi connectivity index (χ0v) is 20.3. The van der Waals surface area contributed by atoms with Crippen LogP contribution in [0.15, 0.2) is 36.9 Å². The predicted molar refractivity (Wildman–Crippen MR) is 131 cm³/mol. The van der Waals surface area contributed by atoms with Gasteiger partial charge in [0, 0.05) is 85.2 Å². The number of hydrogen-bond acceptors (Lipinski definition) is 5. The number of alkyl halides is 2. The lowest BCUT2D eigenvalue weighted by atomic mass is 9.94. The minimum absolute atomic E-state index is 0.0992. The van der Waals surface area contributed by atoms with Crippen LogP contribution in [0.1, 0.15) is 42.1 Å². The summed E-state index contributed by atoms with van der Waals surface area (Å²) in [6.07, 6.45) is 5.04. The number of nitrogens with zero attached hydrogens (tertiary/aromatic N) is 6. The number of rotatable bonds is 4. The van der Waals surface area contributed by atoms with Crippen LogP contribution >= 0.6 is 0 Å². The van der Waals surface area contributed by atoms with Crippen molar-refractivity contribution in [2.75, 3.05) is 19.8 Å². The predicted octanol–water partition coefficient (Wildman–Crippen LogP) is 4.82. The maximum Gasteiger partial charge on any atom is 0.407 e. The second-order valence-electron chi connectivity index (χ2n) is 9.57. The van der Waals surface area contributed by atoms with Crippen molar-refractivity contribution in [1.82, 2.24) is 29.4 Å². The summed E-state index contributed by atoms with van der Waals surface area (Å²) in [5, 5.41) is 20.1. The fourth-order valence-corrected chi connectivity index (χ4v) is 5.47. The highest BCUT2D eigenvalue weighted by Crippen LogP contribution is 2.40. The average molecular weight is 509 g/mol. The number of aromatic nitrogens is 5. The number of hydrogen-bond donors (Lipinski definition) is 1. The van der Waals surface area contributed by atoms with E-state index in [4.69, 9.17) is 9.84 Å². The van der Waals surface area contributed by atoms with Gasteiger partial charge in [0.25, 0.3) is 6.43 Å². The first-order chi connectivity index (χ1) is 17.9. The van der Waals surface area contributed by atoms with Crippen LogP contribution in [0, 0.1) is 0 Å². The van der Waals surface area contributed by atoms with Gasteiger partial charge >= 0.3 is 6.09 Å². The molecule has 37 heavy (non-hydrogen) atoms. The standard InChI is InChI=1S/C26H26F2N6O3/c1-32-13-16(11-30-32)18-8-15-10-29-12-21(19(15)9-20(18)25(27)28)24-22-14-33(26(35)36)5-2-23(22)34(31-24)17-3-6-37-7-4-17/h8-13,17,25H,2-7,14H2,1H3,(H,35,36). The van der Waals surface area contributed by atoms with Gasteiger partial charge in [0.05, 0.1) is 24.5 Å². The number of halogens is 2. The van der Waals surface area contributed by atoms with Crippen LogP contribution in [-0.2, 0) is 24.8 Å². The summed E-state index contributed by atoms with van der Waals surface area (Å²) in [6, 6.07) is 3.37. The van der Waals surface area contributed by atoms with Gasteiger partial charge in [0.15, 0.2) is 0 Å². The Morgan fingerprint density at radius 1 is 1.16 bits per heavy atom. The minimum atomic E-state index is -2.70. The number of ether oxygens (including phenoxy) is 1. The largest absolute Gasteiger partial charge is 0.465 e. The van der Waals surface area contributed by atoms with E-state index in [1.807, 2.05) is 4.68 Å². The monoisotopic (exact) mass is 508 g/mol. The van der Waals surface area contributed by atoms with Crippen molar-refractivity contribution >= 4 is 16.9 Å². The number of carboxylic acid groups (broad SMARTS) is 1. The molecule has 4 aromatic rings. The zero-order chi connectivity index (χ0) is 25.7. The number of carbonyl (C=O) groups is 1. The zero-order valence-electron chi connectivity index (χ0n) is 20.3. The highest BCUT2D eigenvalue weighted by molar-refractivity contribution is 5.99. The quantitative estimate of drug-likeness (QED) is 0.424. The molecule has 0 saturated carbocycles. The molecule has 0 spiro atoms. The van der Waals surface area contributed by atoms with Gasteiger partial charge in [-0.05, 0) is 35.9 Å². The second-order valence-corrected chi connectivity index (χ2v) is 9.57. The maximum absolute atomic E-state index is 14.3. The summed E-state index contributed by atoms with van der Waals surface area (Å²) in [7, 11) is 1.74. The molecule has 3 aromatic heterocycles. The summed E-state index contributed by atoms with van der Waals surface area (Å²) in [5.74, 6) is 0. The fourth-order valence-electron chi connectivity index (χ4n) is 5.47. The summed E-state index contributed by atoms with van der Waals surface area (Å²) in [5.41, 5.74) is 3.93. The van der Waals surface area contributed by atoms with Crippen LogP contribution in [0.4, 0.5) is 13.6 Å². The number of pyridine rings is 1. The normalized spacial score (nSPS) is 16.5. The highest BCUT2D eigenvalue weighted by atomic mass is 19.3. The van der Waals surface area contributed by atoms with Crippen LogP contribution in [0.25, 0.3) is 33.2 Å². The lowest BCUT2D eigenvalue weighted by molar-refractivity contribution is 0.0650. The first-order valence-corrected chi connectivity index (χ1v) is 12.3. The fraction of sp³-hybridized carbons (Fsp3) is 0.385. The number of aryl methyl sites for hydroxylation is 1. The van der Waals surface area contributed by atoms with Gasteiger partial charge in [-0.25, -0.2) is 13.6 Å². The molecule has 0 unspecified atom stereocenters. The number of amides is 1. The molecule has 1 fully saturated rings. The van der Waals surface area contributed by atoms with Crippen molar-refractivity contribution in [3.8, 4) is 22.4 Å². The topological polar surface area (TPSA) is 98.3 Å². The third-order valence-corrected chi connectivity index (χ3v) is 7.33. The van der Waals surface area contributed by atoms with Gasteiger partial charge in [0.1, 0.15) is 0 Å². The molecule has 6 rings (SSSR count). The Morgan fingerprint density at radius 2 is 1.97 bits per heavy atom. The highest BCUT2D eigenvalue weighted by Gasteiger charge is 2.31. The van der Waals surface area contributed by atoms with Crippen molar-refractivity contribution in [2.45, 2.75) is 38.3 Å². The van der Waals surface area contributed by atoms with Crippen LogP contribution < -0.4 is 0 Å². The Hall–Kier alpha value is -3.86. The Kier molecular flexibility index (Phi) is 5.86. The van der Waals surface area contributed by atoms with Crippen LogP contribution in [-0.4, -0.2) is 60.4 Å². The molecule has 1 saturated heterocycles. The Bertz CT molecular complexity index is 1490. The van der Waals surface area contributed by atoms with E-state index in [-0.39, 0.29) is 18.2 Å². The summed E-state index contributed by atoms with van der Waals surface area (Å²) < 4.78 is 37.7. The lowest BCUT2D eigenvalue weighted by Gasteiger charge is -2.28. The van der Waals surface area contributed by atoms with Crippen molar-refractivity contribution in [3.05, 3.63) is 53.7 Å². The third kappa shape index (κ3) is 4.12. The molecule has 2 aliphatic rings. The van der Waals surface area contributed by atoms with Gasteiger partial charge in [0.2, 0.25) is 0 Å². The van der Waals surface area contributed by atoms with Crippen molar-refractivity contribution < 1.29 is 23.4 Å². The Balaban J connectivity index is 1.55. The van der Waals surface area contributed by atoms with E-state index < -0.39 is 12.5 Å². The van der Waals surface area contributed by atoms with Crippen LogP contribution in [0.3, 0.4) is 0 Å². The van der Waals surface area contributed by atoms with E-state index >= 15 is 0 Å². The molecule has 2 aliphatic heterocycles. The molecule has 1 amide bonds. The molecule has 0 aliphatic carbocycles.